The van der Waals surface area contributed by atoms with Gasteiger partial charge in [-0.15, -0.1) is 0 Å². The van der Waals surface area contributed by atoms with Gasteiger partial charge in [-0.1, -0.05) is 18.5 Å². The van der Waals surface area contributed by atoms with E-state index in [-0.39, 0.29) is 10.7 Å². The number of anilines is 1. The van der Waals surface area contributed by atoms with Crippen LogP contribution in [0, 0.1) is 0 Å². The Labute approximate surface area is 105 Å². The molecule has 92 valence electrons. The van der Waals surface area contributed by atoms with Crippen LogP contribution in [0.15, 0.2) is 12.1 Å². The monoisotopic (exact) mass is 254 g/mol. The van der Waals surface area contributed by atoms with Crippen molar-refractivity contribution in [2.75, 3.05) is 11.4 Å². The van der Waals surface area contributed by atoms with Crippen molar-refractivity contribution in [3.05, 3.63) is 22.8 Å². The summed E-state index contributed by atoms with van der Waals surface area (Å²) in [5, 5.41) is 9.23. The molecule has 5 heteroatoms. The molecular formula is C12H15ClN2O2. The Morgan fingerprint density at radius 2 is 2.29 bits per heavy atom. The fourth-order valence-corrected chi connectivity index (χ4v) is 2.07. The van der Waals surface area contributed by atoms with E-state index in [1.54, 1.807) is 6.07 Å². The van der Waals surface area contributed by atoms with Crippen LogP contribution in [0.4, 0.5) is 5.82 Å². The third kappa shape index (κ3) is 2.88. The summed E-state index contributed by atoms with van der Waals surface area (Å²) in [7, 11) is 0. The molecule has 1 N–H and O–H groups in total. The summed E-state index contributed by atoms with van der Waals surface area (Å²) in [4.78, 5) is 17.3. The highest BCUT2D eigenvalue weighted by molar-refractivity contribution is 6.29. The Kier molecular flexibility index (Phi) is 3.52. The van der Waals surface area contributed by atoms with Crippen molar-refractivity contribution < 1.29 is 9.90 Å². The Morgan fingerprint density at radius 3 is 2.82 bits per heavy atom. The molecule has 0 amide bonds. The maximum atomic E-state index is 11.0. The number of carbonyl (C=O) groups is 1. The van der Waals surface area contributed by atoms with Crippen molar-refractivity contribution in [2.24, 2.45) is 0 Å². The number of rotatable bonds is 5. The summed E-state index contributed by atoms with van der Waals surface area (Å²) in [6, 6.07) is 3.48. The molecule has 1 heterocycles. The Hall–Kier alpha value is -1.29. The summed E-state index contributed by atoms with van der Waals surface area (Å²) < 4.78 is 0. The molecule has 0 aromatic carbocycles. The highest BCUT2D eigenvalue weighted by atomic mass is 35.5. The van der Waals surface area contributed by atoms with Crippen LogP contribution in [-0.4, -0.2) is 28.6 Å². The smallest absolute Gasteiger partial charge is 0.335 e. The van der Waals surface area contributed by atoms with Crippen molar-refractivity contribution in [1.82, 2.24) is 4.98 Å². The lowest BCUT2D eigenvalue weighted by Gasteiger charge is -2.23. The van der Waals surface area contributed by atoms with Crippen LogP contribution < -0.4 is 4.90 Å². The molecule has 0 unspecified atom stereocenters. The molecule has 0 atom stereocenters. The Morgan fingerprint density at radius 1 is 1.59 bits per heavy atom. The largest absolute Gasteiger partial charge is 0.478 e. The molecule has 1 aromatic rings. The fourth-order valence-electron chi connectivity index (χ4n) is 1.86. The van der Waals surface area contributed by atoms with Gasteiger partial charge < -0.3 is 10.0 Å². The van der Waals surface area contributed by atoms with Crippen molar-refractivity contribution >= 4 is 23.4 Å². The summed E-state index contributed by atoms with van der Waals surface area (Å²) in [6.45, 7) is 2.98. The maximum Gasteiger partial charge on any atom is 0.335 e. The first-order valence-electron chi connectivity index (χ1n) is 5.79. The molecule has 4 nitrogen and oxygen atoms in total. The van der Waals surface area contributed by atoms with E-state index in [9.17, 15) is 4.79 Å². The zero-order valence-corrected chi connectivity index (χ0v) is 10.4. The van der Waals surface area contributed by atoms with Gasteiger partial charge in [0.25, 0.3) is 0 Å². The number of pyridine rings is 1. The van der Waals surface area contributed by atoms with Gasteiger partial charge in [0.1, 0.15) is 11.0 Å². The molecule has 1 aromatic heterocycles. The number of carboxylic acids is 1. The average molecular weight is 255 g/mol. The zero-order chi connectivity index (χ0) is 12.4. The van der Waals surface area contributed by atoms with Gasteiger partial charge in [-0.3, -0.25) is 0 Å². The molecule has 1 aliphatic rings. The van der Waals surface area contributed by atoms with Crippen LogP contribution in [0.3, 0.4) is 0 Å². The third-order valence-electron chi connectivity index (χ3n) is 2.77. The minimum Gasteiger partial charge on any atom is -0.478 e. The van der Waals surface area contributed by atoms with Crippen molar-refractivity contribution in [3.8, 4) is 0 Å². The van der Waals surface area contributed by atoms with Gasteiger partial charge in [0, 0.05) is 12.6 Å². The number of aromatic carboxylic acids is 1. The molecule has 17 heavy (non-hydrogen) atoms. The number of halogens is 1. The highest BCUT2D eigenvalue weighted by Gasteiger charge is 2.29. The number of hydrogen-bond acceptors (Lipinski definition) is 3. The summed E-state index contributed by atoms with van der Waals surface area (Å²) in [5.74, 6) is -0.290. The molecule has 2 rings (SSSR count). The van der Waals surface area contributed by atoms with Crippen molar-refractivity contribution in [2.45, 2.75) is 32.2 Å². The van der Waals surface area contributed by atoms with E-state index < -0.39 is 5.97 Å². The highest BCUT2D eigenvalue weighted by Crippen LogP contribution is 2.31. The Bertz CT molecular complexity index is 433. The van der Waals surface area contributed by atoms with Gasteiger partial charge in [0.05, 0.1) is 5.56 Å². The maximum absolute atomic E-state index is 11.0. The second-order valence-electron chi connectivity index (χ2n) is 4.27. The van der Waals surface area contributed by atoms with Crippen LogP contribution >= 0.6 is 11.6 Å². The normalized spacial score (nSPS) is 14.7. The molecule has 0 bridgehead atoms. The van der Waals surface area contributed by atoms with Gasteiger partial charge >= 0.3 is 5.97 Å². The first-order valence-corrected chi connectivity index (χ1v) is 6.17. The first-order chi connectivity index (χ1) is 8.11. The van der Waals surface area contributed by atoms with E-state index in [0.717, 1.165) is 25.8 Å². The second-order valence-corrected chi connectivity index (χ2v) is 4.65. The van der Waals surface area contributed by atoms with Crippen LogP contribution in [0.5, 0.6) is 0 Å². The number of carboxylic acid groups (broad SMARTS) is 1. The lowest BCUT2D eigenvalue weighted by molar-refractivity contribution is 0.0697. The predicted octanol–water partition coefficient (Wildman–Crippen LogP) is 2.81. The SMILES string of the molecule is CCCN(c1cc(C(=O)O)cc(Cl)n1)C1CC1. The van der Waals surface area contributed by atoms with Crippen LogP contribution in [0.1, 0.15) is 36.5 Å². The van der Waals surface area contributed by atoms with Crippen LogP contribution in [-0.2, 0) is 0 Å². The Balaban J connectivity index is 2.31. The molecule has 0 saturated heterocycles. The van der Waals surface area contributed by atoms with Gasteiger partial charge in [-0.2, -0.15) is 0 Å². The van der Waals surface area contributed by atoms with E-state index in [1.165, 1.54) is 6.07 Å². The topological polar surface area (TPSA) is 53.4 Å². The second kappa shape index (κ2) is 4.92. The van der Waals surface area contributed by atoms with E-state index in [1.807, 2.05) is 0 Å². The van der Waals surface area contributed by atoms with Gasteiger partial charge in [0.2, 0.25) is 0 Å². The first kappa shape index (κ1) is 12.2. The predicted molar refractivity (Wildman–Crippen MR) is 66.9 cm³/mol. The molecule has 0 aliphatic heterocycles. The number of hydrogen-bond donors (Lipinski definition) is 1. The molecule has 1 fully saturated rings. The summed E-state index contributed by atoms with van der Waals surface area (Å²) >= 11 is 5.86. The van der Waals surface area contributed by atoms with Gasteiger partial charge in [0.15, 0.2) is 0 Å². The van der Waals surface area contributed by atoms with Crippen molar-refractivity contribution in [1.29, 1.82) is 0 Å². The minimum absolute atomic E-state index is 0.196. The minimum atomic E-state index is -0.970. The standard InChI is InChI=1S/C12H15ClN2O2/c1-2-5-15(9-3-4-9)11-7-8(12(16)17)6-10(13)14-11/h6-7,9H,2-5H2,1H3,(H,16,17). The molecule has 1 saturated carbocycles. The van der Waals surface area contributed by atoms with Crippen molar-refractivity contribution in [3.63, 3.8) is 0 Å². The van der Waals surface area contributed by atoms with Gasteiger partial charge in [-0.25, -0.2) is 9.78 Å². The molecular weight excluding hydrogens is 240 g/mol. The lowest BCUT2D eigenvalue weighted by Crippen LogP contribution is -2.27. The summed E-state index contributed by atoms with van der Waals surface area (Å²) in [5.41, 5.74) is 0.196. The van der Waals surface area contributed by atoms with Crippen LogP contribution in [0.2, 0.25) is 5.15 Å². The molecule has 0 radical (unpaired) electrons. The summed E-state index contributed by atoms with van der Waals surface area (Å²) in [6.07, 6.45) is 3.31. The van der Waals surface area contributed by atoms with Crippen LogP contribution in [0.25, 0.3) is 0 Å². The molecule has 0 spiro atoms. The fraction of sp³-hybridized carbons (Fsp3) is 0.500. The number of aromatic nitrogens is 1. The number of nitrogens with zero attached hydrogens (tertiary/aromatic N) is 2. The lowest BCUT2D eigenvalue weighted by atomic mass is 10.2. The molecule has 1 aliphatic carbocycles. The third-order valence-corrected chi connectivity index (χ3v) is 2.97. The van der Waals surface area contributed by atoms with E-state index in [2.05, 4.69) is 16.8 Å². The zero-order valence-electron chi connectivity index (χ0n) is 9.69. The van der Waals surface area contributed by atoms with E-state index in [4.69, 9.17) is 16.7 Å². The van der Waals surface area contributed by atoms with Gasteiger partial charge in [-0.05, 0) is 31.4 Å². The average Bonchev–Trinajstić information content (AvgIpc) is 3.08. The van der Waals surface area contributed by atoms with E-state index >= 15 is 0 Å². The van der Waals surface area contributed by atoms with E-state index in [0.29, 0.717) is 11.9 Å². The quantitative estimate of drug-likeness (QED) is 0.821.